The molecule has 3 aliphatic rings. The minimum Gasteiger partial charge on any atom is -0.458 e. The summed E-state index contributed by atoms with van der Waals surface area (Å²) in [5.74, 6) is -0.125. The number of hydrogen-bond acceptors (Lipinski definition) is 4. The molecule has 5 atom stereocenters. The van der Waals surface area contributed by atoms with Crippen molar-refractivity contribution in [3.63, 3.8) is 0 Å². The zero-order valence-electron chi connectivity index (χ0n) is 12.3. The predicted molar refractivity (Wildman–Crippen MR) is 77.2 cm³/mol. The number of ether oxygens (including phenoxy) is 2. The second kappa shape index (κ2) is 4.86. The summed E-state index contributed by atoms with van der Waals surface area (Å²) < 4.78 is 10.8. The molecule has 0 aromatic rings. The van der Waals surface area contributed by atoms with Crippen LogP contribution in [0.3, 0.4) is 0 Å². The number of carbonyl (C=O) groups is 2. The number of fused-ring (bicyclic) bond motifs is 2. The van der Waals surface area contributed by atoms with Crippen LogP contribution >= 0.6 is 0 Å². The van der Waals surface area contributed by atoms with Crippen LogP contribution in [0, 0.1) is 17.8 Å². The molecule has 0 aromatic carbocycles. The largest absolute Gasteiger partial charge is 0.458 e. The summed E-state index contributed by atoms with van der Waals surface area (Å²) in [6.45, 7) is 13.6. The van der Waals surface area contributed by atoms with E-state index in [0.717, 1.165) is 24.0 Å². The van der Waals surface area contributed by atoms with Gasteiger partial charge in [-0.1, -0.05) is 25.3 Å². The van der Waals surface area contributed by atoms with Gasteiger partial charge in [0, 0.05) is 24.8 Å². The second-order valence-electron chi connectivity index (χ2n) is 6.30. The standard InChI is InChI=1S/C17H20O4/c1-8-5-16-14(10(3)17(19)21-16)6-13-9(2)15(7-12(8)13)20-11(4)18/h12-16H,1-3,5-7H2,4H3/t12-,13-,14+,15-,16-/m0/s1. The van der Waals surface area contributed by atoms with Crippen molar-refractivity contribution < 1.29 is 19.1 Å². The zero-order chi connectivity index (χ0) is 15.3. The Morgan fingerprint density at radius 2 is 1.90 bits per heavy atom. The van der Waals surface area contributed by atoms with E-state index in [4.69, 9.17) is 9.47 Å². The fraction of sp³-hybridized carbons (Fsp3) is 0.529. The highest BCUT2D eigenvalue weighted by molar-refractivity contribution is 5.90. The first-order chi connectivity index (χ1) is 9.88. The van der Waals surface area contributed by atoms with Crippen molar-refractivity contribution in [1.82, 2.24) is 0 Å². The van der Waals surface area contributed by atoms with E-state index in [1.807, 2.05) is 0 Å². The van der Waals surface area contributed by atoms with Gasteiger partial charge in [0.2, 0.25) is 0 Å². The van der Waals surface area contributed by atoms with Gasteiger partial charge in [-0.3, -0.25) is 4.79 Å². The molecule has 21 heavy (non-hydrogen) atoms. The number of esters is 2. The quantitative estimate of drug-likeness (QED) is 0.423. The summed E-state index contributed by atoms with van der Waals surface area (Å²) in [4.78, 5) is 22.9. The van der Waals surface area contributed by atoms with Crippen LogP contribution in [0.5, 0.6) is 0 Å². The molecule has 112 valence electrons. The normalized spacial score (nSPS) is 38.6. The van der Waals surface area contributed by atoms with Crippen molar-refractivity contribution in [1.29, 1.82) is 0 Å². The van der Waals surface area contributed by atoms with E-state index in [9.17, 15) is 9.59 Å². The maximum absolute atomic E-state index is 11.7. The third-order valence-corrected chi connectivity index (χ3v) is 5.06. The van der Waals surface area contributed by atoms with Gasteiger partial charge in [-0.05, 0) is 30.3 Å². The van der Waals surface area contributed by atoms with Crippen LogP contribution < -0.4 is 0 Å². The Morgan fingerprint density at radius 3 is 2.57 bits per heavy atom. The molecule has 1 saturated heterocycles. The molecule has 0 radical (unpaired) electrons. The molecule has 2 saturated carbocycles. The van der Waals surface area contributed by atoms with Crippen molar-refractivity contribution >= 4 is 11.9 Å². The Hall–Kier alpha value is -1.84. The molecule has 3 fully saturated rings. The SMILES string of the molecule is C=C1C(=O)O[C@H]2CC(=C)[C@@H]3C[C@H](OC(C)=O)C(=C)[C@@H]3C[C@H]12. The third kappa shape index (κ3) is 2.23. The van der Waals surface area contributed by atoms with E-state index < -0.39 is 0 Å². The highest BCUT2D eigenvalue weighted by Gasteiger charge is 2.49. The van der Waals surface area contributed by atoms with E-state index in [1.54, 1.807) is 0 Å². The lowest BCUT2D eigenvalue weighted by Gasteiger charge is -2.20. The Kier molecular flexibility index (Phi) is 3.27. The van der Waals surface area contributed by atoms with Crippen LogP contribution in [0.4, 0.5) is 0 Å². The number of carbonyl (C=O) groups excluding carboxylic acids is 2. The summed E-state index contributed by atoms with van der Waals surface area (Å²) in [5.41, 5.74) is 2.55. The smallest absolute Gasteiger partial charge is 0.334 e. The highest BCUT2D eigenvalue weighted by Crippen LogP contribution is 2.51. The molecule has 0 N–H and O–H groups in total. The molecular formula is C17H20O4. The van der Waals surface area contributed by atoms with Gasteiger partial charge >= 0.3 is 11.9 Å². The average molecular weight is 288 g/mol. The summed E-state index contributed by atoms with van der Waals surface area (Å²) in [5, 5.41) is 0. The van der Waals surface area contributed by atoms with Crippen LogP contribution in [-0.4, -0.2) is 24.1 Å². The van der Waals surface area contributed by atoms with Gasteiger partial charge in [-0.25, -0.2) is 4.79 Å². The lowest BCUT2D eigenvalue weighted by molar-refractivity contribution is -0.144. The van der Waals surface area contributed by atoms with Crippen molar-refractivity contribution in [2.45, 2.75) is 38.4 Å². The minimum absolute atomic E-state index is 0.0251. The molecule has 1 heterocycles. The molecule has 4 nitrogen and oxygen atoms in total. The van der Waals surface area contributed by atoms with Crippen LogP contribution in [0.1, 0.15) is 26.2 Å². The van der Waals surface area contributed by atoms with Gasteiger partial charge in [-0.15, -0.1) is 0 Å². The molecule has 0 amide bonds. The molecule has 3 rings (SSSR count). The van der Waals surface area contributed by atoms with Gasteiger partial charge in [0.15, 0.2) is 0 Å². The van der Waals surface area contributed by atoms with Crippen LogP contribution in [0.2, 0.25) is 0 Å². The molecular weight excluding hydrogens is 268 g/mol. The monoisotopic (exact) mass is 288 g/mol. The first-order valence-electron chi connectivity index (χ1n) is 7.31. The van der Waals surface area contributed by atoms with E-state index in [-0.39, 0.29) is 41.9 Å². The Balaban J connectivity index is 1.85. The third-order valence-electron chi connectivity index (χ3n) is 5.06. The Morgan fingerprint density at radius 1 is 1.19 bits per heavy atom. The van der Waals surface area contributed by atoms with Crippen molar-refractivity contribution in [2.75, 3.05) is 0 Å². The lowest BCUT2D eigenvalue weighted by Crippen LogP contribution is -2.19. The fourth-order valence-corrected chi connectivity index (χ4v) is 3.97. The molecule has 1 aliphatic heterocycles. The second-order valence-corrected chi connectivity index (χ2v) is 6.30. The van der Waals surface area contributed by atoms with Gasteiger partial charge in [0.1, 0.15) is 12.2 Å². The van der Waals surface area contributed by atoms with Crippen molar-refractivity contribution in [3.8, 4) is 0 Å². The van der Waals surface area contributed by atoms with Crippen molar-refractivity contribution in [3.05, 3.63) is 36.5 Å². The Labute approximate surface area is 124 Å². The minimum atomic E-state index is -0.295. The predicted octanol–water partition coefficient (Wildman–Crippen LogP) is 2.56. The fourth-order valence-electron chi connectivity index (χ4n) is 3.97. The molecule has 0 spiro atoms. The Bertz CT molecular complexity index is 559. The van der Waals surface area contributed by atoms with Crippen LogP contribution in [0.25, 0.3) is 0 Å². The van der Waals surface area contributed by atoms with Gasteiger partial charge in [-0.2, -0.15) is 0 Å². The first kappa shape index (κ1) is 14.1. The van der Waals surface area contributed by atoms with Crippen LogP contribution in [0.15, 0.2) is 36.5 Å². The van der Waals surface area contributed by atoms with E-state index >= 15 is 0 Å². The average Bonchev–Trinajstić information content (AvgIpc) is 2.78. The van der Waals surface area contributed by atoms with Crippen molar-refractivity contribution in [2.24, 2.45) is 17.8 Å². The maximum Gasteiger partial charge on any atom is 0.334 e. The molecule has 0 unspecified atom stereocenters. The topological polar surface area (TPSA) is 52.6 Å². The summed E-state index contributed by atoms with van der Waals surface area (Å²) in [7, 11) is 0. The molecule has 0 bridgehead atoms. The van der Waals surface area contributed by atoms with Gasteiger partial charge in [0.25, 0.3) is 0 Å². The van der Waals surface area contributed by atoms with E-state index in [0.29, 0.717) is 12.0 Å². The molecule has 0 aromatic heterocycles. The summed E-state index contributed by atoms with van der Waals surface area (Å²) in [6, 6.07) is 0. The van der Waals surface area contributed by atoms with Gasteiger partial charge in [0.05, 0.1) is 0 Å². The first-order valence-corrected chi connectivity index (χ1v) is 7.31. The lowest BCUT2D eigenvalue weighted by atomic mass is 9.83. The summed E-state index contributed by atoms with van der Waals surface area (Å²) >= 11 is 0. The molecule has 4 heteroatoms. The van der Waals surface area contributed by atoms with Crippen LogP contribution in [-0.2, 0) is 19.1 Å². The van der Waals surface area contributed by atoms with E-state index in [2.05, 4.69) is 19.7 Å². The van der Waals surface area contributed by atoms with Gasteiger partial charge < -0.3 is 9.47 Å². The maximum atomic E-state index is 11.7. The van der Waals surface area contributed by atoms with E-state index in [1.165, 1.54) is 6.92 Å². The molecule has 2 aliphatic carbocycles. The summed E-state index contributed by atoms with van der Waals surface area (Å²) in [6.07, 6.45) is 1.80. The zero-order valence-corrected chi connectivity index (χ0v) is 12.3. The highest BCUT2D eigenvalue weighted by atomic mass is 16.6. The number of hydrogen-bond donors (Lipinski definition) is 0. The number of rotatable bonds is 1.